The van der Waals surface area contributed by atoms with Crippen molar-refractivity contribution in [3.8, 4) is 0 Å². The Hall–Kier alpha value is -3.15. The standard InChI is InChI=1S/C21H25N3O3/c1-15(18-7-5-4-6-8-18)22-21(27)13-14-24(17(3)26)20-11-9-19(10-12-20)23-16(2)25/h4-12,15H,13-14H2,1-3H3,(H,22,27)(H,23,25). The molecule has 2 aromatic rings. The molecule has 0 radical (unpaired) electrons. The number of rotatable bonds is 7. The molecule has 2 N–H and O–H groups in total. The zero-order valence-electron chi connectivity index (χ0n) is 15.9. The van der Waals surface area contributed by atoms with Crippen molar-refractivity contribution in [2.75, 3.05) is 16.8 Å². The number of amides is 3. The molecule has 1 unspecified atom stereocenters. The average molecular weight is 367 g/mol. The van der Waals surface area contributed by atoms with Gasteiger partial charge in [0, 0.05) is 38.2 Å². The molecule has 1 atom stereocenters. The SMILES string of the molecule is CC(=O)Nc1ccc(N(CCC(=O)NC(C)c2ccccc2)C(C)=O)cc1. The molecule has 0 saturated heterocycles. The highest BCUT2D eigenvalue weighted by atomic mass is 16.2. The molecule has 3 amide bonds. The first-order valence-electron chi connectivity index (χ1n) is 8.87. The van der Waals surface area contributed by atoms with Gasteiger partial charge in [-0.05, 0) is 36.8 Å². The minimum Gasteiger partial charge on any atom is -0.350 e. The van der Waals surface area contributed by atoms with Gasteiger partial charge in [0.2, 0.25) is 17.7 Å². The number of anilines is 2. The van der Waals surface area contributed by atoms with E-state index in [0.717, 1.165) is 5.56 Å². The Kier molecular flexibility index (Phi) is 7.11. The summed E-state index contributed by atoms with van der Waals surface area (Å²) in [5.41, 5.74) is 2.37. The number of hydrogen-bond donors (Lipinski definition) is 2. The summed E-state index contributed by atoms with van der Waals surface area (Å²) in [6.07, 6.45) is 0.199. The van der Waals surface area contributed by atoms with Gasteiger partial charge in [-0.1, -0.05) is 30.3 Å². The van der Waals surface area contributed by atoms with Crippen molar-refractivity contribution >= 4 is 29.1 Å². The van der Waals surface area contributed by atoms with Gasteiger partial charge in [0.05, 0.1) is 6.04 Å². The smallest absolute Gasteiger partial charge is 0.223 e. The van der Waals surface area contributed by atoms with Gasteiger partial charge in [-0.25, -0.2) is 0 Å². The lowest BCUT2D eigenvalue weighted by molar-refractivity contribution is -0.121. The number of nitrogens with one attached hydrogen (secondary N) is 2. The maximum atomic E-state index is 12.3. The van der Waals surface area contributed by atoms with E-state index in [0.29, 0.717) is 11.4 Å². The Morgan fingerprint density at radius 3 is 2.15 bits per heavy atom. The summed E-state index contributed by atoms with van der Waals surface area (Å²) < 4.78 is 0. The fourth-order valence-electron chi connectivity index (χ4n) is 2.75. The van der Waals surface area contributed by atoms with Crippen molar-refractivity contribution in [2.24, 2.45) is 0 Å². The summed E-state index contributed by atoms with van der Waals surface area (Å²) in [5, 5.41) is 5.63. The highest BCUT2D eigenvalue weighted by Gasteiger charge is 2.15. The second-order valence-corrected chi connectivity index (χ2v) is 6.35. The largest absolute Gasteiger partial charge is 0.350 e. The summed E-state index contributed by atoms with van der Waals surface area (Å²) in [6, 6.07) is 16.6. The van der Waals surface area contributed by atoms with Crippen LogP contribution in [0.4, 0.5) is 11.4 Å². The van der Waals surface area contributed by atoms with Gasteiger partial charge in [0.15, 0.2) is 0 Å². The first-order chi connectivity index (χ1) is 12.9. The summed E-state index contributed by atoms with van der Waals surface area (Å²) in [7, 11) is 0. The number of carbonyl (C=O) groups is 3. The fraction of sp³-hybridized carbons (Fsp3) is 0.286. The van der Waals surface area contributed by atoms with E-state index >= 15 is 0 Å². The quantitative estimate of drug-likeness (QED) is 0.788. The van der Waals surface area contributed by atoms with Crippen LogP contribution in [-0.2, 0) is 14.4 Å². The fourth-order valence-corrected chi connectivity index (χ4v) is 2.75. The average Bonchev–Trinajstić information content (AvgIpc) is 2.63. The molecular formula is C21H25N3O3. The minimum absolute atomic E-state index is 0.0959. The molecule has 0 aliphatic carbocycles. The third-order valence-corrected chi connectivity index (χ3v) is 4.12. The van der Waals surface area contributed by atoms with Crippen LogP contribution in [0.15, 0.2) is 54.6 Å². The van der Waals surface area contributed by atoms with Crippen LogP contribution in [0.3, 0.4) is 0 Å². The Labute approximate surface area is 159 Å². The van der Waals surface area contributed by atoms with E-state index < -0.39 is 0 Å². The topological polar surface area (TPSA) is 78.5 Å². The summed E-state index contributed by atoms with van der Waals surface area (Å²) in [5.74, 6) is -0.422. The molecule has 2 aromatic carbocycles. The van der Waals surface area contributed by atoms with E-state index in [2.05, 4.69) is 10.6 Å². The van der Waals surface area contributed by atoms with Crippen molar-refractivity contribution in [1.82, 2.24) is 5.32 Å². The summed E-state index contributed by atoms with van der Waals surface area (Å²) in [6.45, 7) is 5.11. The molecule has 0 aliphatic heterocycles. The summed E-state index contributed by atoms with van der Waals surface area (Å²) in [4.78, 5) is 36.9. The van der Waals surface area contributed by atoms with Crippen LogP contribution >= 0.6 is 0 Å². The van der Waals surface area contributed by atoms with Crippen LogP contribution in [-0.4, -0.2) is 24.3 Å². The summed E-state index contributed by atoms with van der Waals surface area (Å²) >= 11 is 0. The molecule has 27 heavy (non-hydrogen) atoms. The number of hydrogen-bond acceptors (Lipinski definition) is 3. The molecule has 6 heteroatoms. The van der Waals surface area contributed by atoms with Crippen molar-refractivity contribution in [3.63, 3.8) is 0 Å². The molecule has 0 bridgehead atoms. The second kappa shape index (κ2) is 9.52. The molecular weight excluding hydrogens is 342 g/mol. The van der Waals surface area contributed by atoms with Crippen LogP contribution in [0.2, 0.25) is 0 Å². The molecule has 0 heterocycles. The molecule has 0 saturated carbocycles. The van der Waals surface area contributed by atoms with Gasteiger partial charge in [-0.15, -0.1) is 0 Å². The van der Waals surface area contributed by atoms with E-state index in [-0.39, 0.29) is 36.7 Å². The Morgan fingerprint density at radius 1 is 0.963 bits per heavy atom. The van der Waals surface area contributed by atoms with E-state index in [4.69, 9.17) is 0 Å². The van der Waals surface area contributed by atoms with Gasteiger partial charge in [-0.3, -0.25) is 14.4 Å². The minimum atomic E-state index is -0.157. The lowest BCUT2D eigenvalue weighted by atomic mass is 10.1. The normalized spacial score (nSPS) is 11.4. The second-order valence-electron chi connectivity index (χ2n) is 6.35. The third kappa shape index (κ3) is 6.26. The van der Waals surface area contributed by atoms with Crippen molar-refractivity contribution in [3.05, 3.63) is 60.2 Å². The van der Waals surface area contributed by atoms with E-state index in [1.165, 1.54) is 13.8 Å². The van der Waals surface area contributed by atoms with E-state index in [1.54, 1.807) is 29.2 Å². The number of benzene rings is 2. The van der Waals surface area contributed by atoms with Gasteiger partial charge in [0.1, 0.15) is 0 Å². The zero-order valence-corrected chi connectivity index (χ0v) is 15.9. The van der Waals surface area contributed by atoms with Gasteiger partial charge in [0.25, 0.3) is 0 Å². The van der Waals surface area contributed by atoms with Crippen LogP contribution in [0.1, 0.15) is 38.8 Å². The van der Waals surface area contributed by atoms with Crippen molar-refractivity contribution < 1.29 is 14.4 Å². The van der Waals surface area contributed by atoms with E-state index in [9.17, 15) is 14.4 Å². The predicted octanol–water partition coefficient (Wildman–Crippen LogP) is 3.27. The van der Waals surface area contributed by atoms with Gasteiger partial charge in [-0.2, -0.15) is 0 Å². The number of carbonyl (C=O) groups excluding carboxylic acids is 3. The van der Waals surface area contributed by atoms with Crippen LogP contribution in [0.25, 0.3) is 0 Å². The lowest BCUT2D eigenvalue weighted by Crippen LogP contribution is -2.34. The Balaban J connectivity index is 1.95. The predicted molar refractivity (Wildman–Crippen MR) is 106 cm³/mol. The first-order valence-corrected chi connectivity index (χ1v) is 8.87. The van der Waals surface area contributed by atoms with Crippen LogP contribution in [0, 0.1) is 0 Å². The maximum absolute atomic E-state index is 12.3. The van der Waals surface area contributed by atoms with Crippen LogP contribution in [0.5, 0.6) is 0 Å². The highest BCUT2D eigenvalue weighted by molar-refractivity contribution is 5.93. The molecule has 0 spiro atoms. The Bertz CT molecular complexity index is 788. The van der Waals surface area contributed by atoms with Crippen LogP contribution < -0.4 is 15.5 Å². The lowest BCUT2D eigenvalue weighted by Gasteiger charge is -2.22. The molecule has 142 valence electrons. The van der Waals surface area contributed by atoms with E-state index in [1.807, 2.05) is 37.3 Å². The molecule has 2 rings (SSSR count). The molecule has 6 nitrogen and oxygen atoms in total. The zero-order chi connectivity index (χ0) is 19.8. The maximum Gasteiger partial charge on any atom is 0.223 e. The monoisotopic (exact) mass is 367 g/mol. The van der Waals surface area contributed by atoms with Gasteiger partial charge >= 0.3 is 0 Å². The highest BCUT2D eigenvalue weighted by Crippen LogP contribution is 2.19. The third-order valence-electron chi connectivity index (χ3n) is 4.12. The molecule has 0 fully saturated rings. The van der Waals surface area contributed by atoms with Crippen molar-refractivity contribution in [1.29, 1.82) is 0 Å². The van der Waals surface area contributed by atoms with Gasteiger partial charge < -0.3 is 15.5 Å². The molecule has 0 aromatic heterocycles. The Morgan fingerprint density at radius 2 is 1.59 bits per heavy atom. The first kappa shape index (κ1) is 20.2. The molecule has 0 aliphatic rings. The number of nitrogens with zero attached hydrogens (tertiary/aromatic N) is 1. The van der Waals surface area contributed by atoms with Crippen molar-refractivity contribution in [2.45, 2.75) is 33.2 Å².